The van der Waals surface area contributed by atoms with Crippen LogP contribution in [0.25, 0.3) is 0 Å². The summed E-state index contributed by atoms with van der Waals surface area (Å²) in [6, 6.07) is 9.16. The van der Waals surface area contributed by atoms with Gasteiger partial charge in [0, 0.05) is 11.1 Å². The number of aromatic hydroxyl groups is 4. The fourth-order valence-electron chi connectivity index (χ4n) is 2.25. The Morgan fingerprint density at radius 2 is 0.833 bits per heavy atom. The minimum atomic E-state index is -0.136. The van der Waals surface area contributed by atoms with E-state index >= 15 is 0 Å². The Hall–Kier alpha value is -2.36. The highest BCUT2D eigenvalue weighted by molar-refractivity contribution is 5.43. The quantitative estimate of drug-likeness (QED) is 0.523. The summed E-state index contributed by atoms with van der Waals surface area (Å²) in [5, 5.41) is 37.3. The maximum Gasteiger partial charge on any atom is 0.119 e. The van der Waals surface area contributed by atoms with Crippen molar-refractivity contribution in [3.05, 3.63) is 47.5 Å². The Morgan fingerprint density at radius 1 is 0.542 bits per heavy atom. The van der Waals surface area contributed by atoms with Crippen molar-refractivity contribution in [1.82, 2.24) is 0 Å². The van der Waals surface area contributed by atoms with Gasteiger partial charge in [-0.3, -0.25) is 0 Å². The number of phenols is 4. The number of phenolic OH excluding ortho intramolecular Hbond substituents is 4. The van der Waals surface area contributed by atoms with Gasteiger partial charge in [0.25, 0.3) is 0 Å². The van der Waals surface area contributed by atoms with Gasteiger partial charge in [0.15, 0.2) is 0 Å². The van der Waals surface area contributed by atoms with Crippen molar-refractivity contribution in [2.75, 3.05) is 0 Å². The molecule has 4 nitrogen and oxygen atoms in total. The van der Waals surface area contributed by atoms with Gasteiger partial charge in [-0.25, -0.2) is 0 Å². The van der Waals surface area contributed by atoms with Gasteiger partial charge in [-0.15, -0.1) is 0 Å². The topological polar surface area (TPSA) is 80.9 Å². The summed E-state index contributed by atoms with van der Waals surface area (Å²) in [7, 11) is 0. The molecule has 0 atom stereocenters. The van der Waals surface area contributed by atoms with E-state index in [0.29, 0.717) is 0 Å². The first-order valence-electron chi connectivity index (χ1n) is 7.87. The van der Waals surface area contributed by atoms with Crippen molar-refractivity contribution in [1.29, 1.82) is 0 Å². The molecule has 0 aliphatic carbocycles. The van der Waals surface area contributed by atoms with Gasteiger partial charge in [0.05, 0.1) is 0 Å². The molecule has 0 fully saturated rings. The van der Waals surface area contributed by atoms with Crippen LogP contribution in [0.1, 0.15) is 52.7 Å². The maximum atomic E-state index is 9.46. The first-order valence-corrected chi connectivity index (χ1v) is 7.87. The average molecular weight is 332 g/mol. The third-order valence-electron chi connectivity index (χ3n) is 3.58. The monoisotopic (exact) mass is 332 g/mol. The molecule has 0 heterocycles. The van der Waals surface area contributed by atoms with Crippen molar-refractivity contribution in [3.63, 3.8) is 0 Å². The summed E-state index contributed by atoms with van der Waals surface area (Å²) in [6.45, 7) is 11.9. The highest BCUT2D eigenvalue weighted by Gasteiger charge is 2.18. The molecule has 0 spiro atoms. The van der Waals surface area contributed by atoms with Gasteiger partial charge in [-0.1, -0.05) is 41.5 Å². The molecule has 0 aliphatic rings. The van der Waals surface area contributed by atoms with E-state index in [0.717, 1.165) is 11.1 Å². The molecule has 132 valence electrons. The number of hydrogen-bond acceptors (Lipinski definition) is 4. The number of rotatable bonds is 0. The normalized spacial score (nSPS) is 11.6. The molecule has 4 heteroatoms. The molecule has 0 saturated heterocycles. The fourth-order valence-corrected chi connectivity index (χ4v) is 2.25. The molecule has 2 aromatic rings. The molecule has 2 aromatic carbocycles. The van der Waals surface area contributed by atoms with Crippen molar-refractivity contribution in [2.45, 2.75) is 52.4 Å². The lowest BCUT2D eigenvalue weighted by molar-refractivity contribution is 0.435. The van der Waals surface area contributed by atoms with E-state index in [4.69, 9.17) is 0 Å². The van der Waals surface area contributed by atoms with Crippen LogP contribution < -0.4 is 0 Å². The second kappa shape index (κ2) is 7.04. The maximum absolute atomic E-state index is 9.46. The Balaban J connectivity index is 0.000000240. The van der Waals surface area contributed by atoms with Gasteiger partial charge in [-0.2, -0.15) is 0 Å². The largest absolute Gasteiger partial charge is 0.508 e. The summed E-state index contributed by atoms with van der Waals surface area (Å²) >= 11 is 0. The standard InChI is InChI=1S/2C10H14O2/c2*1-10(2,3)8-6-7(11)4-5-9(8)12/h2*4-6,11-12H,1-3H3. The molecular weight excluding hydrogens is 304 g/mol. The first kappa shape index (κ1) is 19.7. The molecule has 24 heavy (non-hydrogen) atoms. The Labute approximate surface area is 144 Å². The van der Waals surface area contributed by atoms with Crippen LogP contribution in [0.4, 0.5) is 0 Å². The van der Waals surface area contributed by atoms with Crippen LogP contribution in [0.2, 0.25) is 0 Å². The molecule has 2 rings (SSSR count). The number of hydrogen-bond donors (Lipinski definition) is 4. The van der Waals surface area contributed by atoms with Crippen molar-refractivity contribution >= 4 is 0 Å². The second-order valence-electron chi connectivity index (χ2n) is 7.90. The SMILES string of the molecule is CC(C)(C)c1cc(O)ccc1O.CC(C)(C)c1cc(O)ccc1O. The van der Waals surface area contributed by atoms with Crippen LogP contribution in [0.3, 0.4) is 0 Å². The van der Waals surface area contributed by atoms with Gasteiger partial charge in [0.1, 0.15) is 23.0 Å². The molecule has 4 N–H and O–H groups in total. The van der Waals surface area contributed by atoms with Crippen LogP contribution in [0.15, 0.2) is 36.4 Å². The van der Waals surface area contributed by atoms with E-state index in [2.05, 4.69) is 0 Å². The van der Waals surface area contributed by atoms with E-state index in [-0.39, 0.29) is 33.8 Å². The average Bonchev–Trinajstić information content (AvgIpc) is 2.42. The molecule has 0 radical (unpaired) electrons. The van der Waals surface area contributed by atoms with Crippen LogP contribution in [0, 0.1) is 0 Å². The Morgan fingerprint density at radius 3 is 1.04 bits per heavy atom. The summed E-state index contributed by atoms with van der Waals surface area (Å²) in [5.74, 6) is 0.857. The zero-order chi connectivity index (χ0) is 18.7. The Bertz CT molecular complexity index is 630. The zero-order valence-corrected chi connectivity index (χ0v) is 15.3. The zero-order valence-electron chi connectivity index (χ0n) is 15.3. The summed E-state index contributed by atoms with van der Waals surface area (Å²) in [6.07, 6.45) is 0. The molecule has 0 aromatic heterocycles. The van der Waals surface area contributed by atoms with E-state index in [9.17, 15) is 20.4 Å². The van der Waals surface area contributed by atoms with Crippen LogP contribution >= 0.6 is 0 Å². The lowest BCUT2D eigenvalue weighted by Gasteiger charge is -2.20. The highest BCUT2D eigenvalue weighted by Crippen LogP contribution is 2.33. The van der Waals surface area contributed by atoms with Gasteiger partial charge in [-0.05, 0) is 47.2 Å². The lowest BCUT2D eigenvalue weighted by atomic mass is 9.86. The third kappa shape index (κ3) is 5.37. The Kier molecular flexibility index (Phi) is 5.77. The minimum Gasteiger partial charge on any atom is -0.508 e. The smallest absolute Gasteiger partial charge is 0.119 e. The molecular formula is C20H28O4. The second-order valence-corrected chi connectivity index (χ2v) is 7.90. The van der Waals surface area contributed by atoms with Gasteiger partial charge >= 0.3 is 0 Å². The summed E-state index contributed by atoms with van der Waals surface area (Å²) in [5.41, 5.74) is 1.26. The molecule has 0 unspecified atom stereocenters. The van der Waals surface area contributed by atoms with Crippen molar-refractivity contribution in [3.8, 4) is 23.0 Å². The number of benzene rings is 2. The molecule has 0 aliphatic heterocycles. The van der Waals surface area contributed by atoms with E-state index in [1.807, 2.05) is 41.5 Å². The third-order valence-corrected chi connectivity index (χ3v) is 3.58. The van der Waals surface area contributed by atoms with Gasteiger partial charge in [0.2, 0.25) is 0 Å². The predicted molar refractivity (Wildman–Crippen MR) is 96.9 cm³/mol. The summed E-state index contributed by atoms with van der Waals surface area (Å²) in [4.78, 5) is 0. The van der Waals surface area contributed by atoms with Gasteiger partial charge < -0.3 is 20.4 Å². The molecule has 0 amide bonds. The minimum absolute atomic E-state index is 0.136. The van der Waals surface area contributed by atoms with Crippen LogP contribution in [-0.2, 0) is 10.8 Å². The van der Waals surface area contributed by atoms with E-state index in [1.54, 1.807) is 12.1 Å². The van der Waals surface area contributed by atoms with Crippen molar-refractivity contribution in [2.24, 2.45) is 0 Å². The summed E-state index contributed by atoms with van der Waals surface area (Å²) < 4.78 is 0. The van der Waals surface area contributed by atoms with E-state index in [1.165, 1.54) is 24.3 Å². The lowest BCUT2D eigenvalue weighted by Crippen LogP contribution is -2.10. The van der Waals surface area contributed by atoms with Crippen LogP contribution in [-0.4, -0.2) is 20.4 Å². The first-order chi connectivity index (χ1) is 10.8. The van der Waals surface area contributed by atoms with Crippen LogP contribution in [0.5, 0.6) is 23.0 Å². The van der Waals surface area contributed by atoms with E-state index < -0.39 is 0 Å². The van der Waals surface area contributed by atoms with Crippen molar-refractivity contribution < 1.29 is 20.4 Å². The molecule has 0 bridgehead atoms. The fraction of sp³-hybridized carbons (Fsp3) is 0.400. The molecule has 0 saturated carbocycles. The highest BCUT2D eigenvalue weighted by atomic mass is 16.3. The predicted octanol–water partition coefficient (Wildman–Crippen LogP) is 4.79.